The summed E-state index contributed by atoms with van der Waals surface area (Å²) in [5.41, 5.74) is 0. The molecule has 4 heteroatoms. The van der Waals surface area contributed by atoms with Gasteiger partial charge in [-0.25, -0.2) is 4.79 Å². The number of rotatable bonds is 10. The van der Waals surface area contributed by atoms with Crippen LogP contribution in [0.2, 0.25) is 0 Å². The van der Waals surface area contributed by atoms with Crippen LogP contribution in [-0.4, -0.2) is 30.1 Å². The SMILES string of the molecule is CC(C)CCCCCC(=O)COCC(=O)O. The number of carbonyl (C=O) groups excluding carboxylic acids is 1. The lowest BCUT2D eigenvalue weighted by molar-refractivity contribution is -0.143. The number of carboxylic acid groups (broad SMARTS) is 1. The first-order chi connectivity index (χ1) is 7.52. The summed E-state index contributed by atoms with van der Waals surface area (Å²) in [6, 6.07) is 0. The monoisotopic (exact) mass is 230 g/mol. The first-order valence-electron chi connectivity index (χ1n) is 5.83. The molecule has 0 aromatic heterocycles. The Morgan fingerprint density at radius 1 is 1.12 bits per heavy atom. The molecule has 0 unspecified atom stereocenters. The molecular formula is C12H22O4. The van der Waals surface area contributed by atoms with Gasteiger partial charge in [0.2, 0.25) is 0 Å². The number of hydrogen-bond donors (Lipinski definition) is 1. The van der Waals surface area contributed by atoms with Crippen molar-refractivity contribution in [3.8, 4) is 0 Å². The number of unbranched alkanes of at least 4 members (excludes halogenated alkanes) is 2. The van der Waals surface area contributed by atoms with E-state index in [1.54, 1.807) is 0 Å². The molecule has 0 saturated heterocycles. The molecule has 0 spiro atoms. The zero-order valence-corrected chi connectivity index (χ0v) is 10.2. The molecule has 94 valence electrons. The molecule has 1 N–H and O–H groups in total. The van der Waals surface area contributed by atoms with Gasteiger partial charge in [-0.2, -0.15) is 0 Å². The third-order valence-corrected chi connectivity index (χ3v) is 2.23. The summed E-state index contributed by atoms with van der Waals surface area (Å²) < 4.78 is 4.70. The number of aliphatic carboxylic acids is 1. The first kappa shape index (κ1) is 15.1. The molecule has 16 heavy (non-hydrogen) atoms. The smallest absolute Gasteiger partial charge is 0.329 e. The van der Waals surface area contributed by atoms with Crippen molar-refractivity contribution in [2.45, 2.75) is 46.0 Å². The number of hydrogen-bond acceptors (Lipinski definition) is 3. The van der Waals surface area contributed by atoms with Crippen molar-refractivity contribution in [2.75, 3.05) is 13.2 Å². The highest BCUT2D eigenvalue weighted by atomic mass is 16.5. The normalized spacial score (nSPS) is 10.7. The fraction of sp³-hybridized carbons (Fsp3) is 0.833. The zero-order valence-electron chi connectivity index (χ0n) is 10.2. The Labute approximate surface area is 97.0 Å². The molecule has 0 aliphatic carbocycles. The second kappa shape index (κ2) is 9.33. The highest BCUT2D eigenvalue weighted by molar-refractivity contribution is 5.79. The van der Waals surface area contributed by atoms with Crippen LogP contribution in [0.15, 0.2) is 0 Å². The maximum absolute atomic E-state index is 11.2. The van der Waals surface area contributed by atoms with Gasteiger partial charge in [0.05, 0.1) is 0 Å². The van der Waals surface area contributed by atoms with Crippen molar-refractivity contribution in [3.63, 3.8) is 0 Å². The molecule has 0 radical (unpaired) electrons. The van der Waals surface area contributed by atoms with E-state index in [9.17, 15) is 9.59 Å². The standard InChI is InChI=1S/C12H22O4/c1-10(2)6-4-3-5-7-11(13)8-16-9-12(14)15/h10H,3-9H2,1-2H3,(H,14,15). The molecule has 0 atom stereocenters. The number of carbonyl (C=O) groups is 2. The van der Waals surface area contributed by atoms with Crippen molar-refractivity contribution in [1.29, 1.82) is 0 Å². The van der Waals surface area contributed by atoms with Gasteiger partial charge in [0.1, 0.15) is 13.2 Å². The van der Waals surface area contributed by atoms with E-state index in [4.69, 9.17) is 9.84 Å². The quantitative estimate of drug-likeness (QED) is 0.585. The van der Waals surface area contributed by atoms with E-state index in [1.807, 2.05) is 0 Å². The number of Topliss-reactive ketones (excluding diaryl/α,β-unsaturated/α-hetero) is 1. The molecular weight excluding hydrogens is 208 g/mol. The maximum atomic E-state index is 11.2. The lowest BCUT2D eigenvalue weighted by Gasteiger charge is -2.04. The fourth-order valence-electron chi connectivity index (χ4n) is 1.38. The van der Waals surface area contributed by atoms with Gasteiger partial charge in [-0.3, -0.25) is 4.79 Å². The van der Waals surface area contributed by atoms with Gasteiger partial charge in [-0.15, -0.1) is 0 Å². The van der Waals surface area contributed by atoms with Crippen LogP contribution in [0.25, 0.3) is 0 Å². The minimum atomic E-state index is -1.04. The first-order valence-corrected chi connectivity index (χ1v) is 5.83. The second-order valence-corrected chi connectivity index (χ2v) is 4.42. The topological polar surface area (TPSA) is 63.6 Å². The summed E-state index contributed by atoms with van der Waals surface area (Å²) >= 11 is 0. The Hall–Kier alpha value is -0.900. The van der Waals surface area contributed by atoms with E-state index in [-0.39, 0.29) is 19.0 Å². The van der Waals surface area contributed by atoms with E-state index in [1.165, 1.54) is 6.42 Å². The molecule has 0 saturated carbocycles. The van der Waals surface area contributed by atoms with Crippen molar-refractivity contribution in [3.05, 3.63) is 0 Å². The third kappa shape index (κ3) is 11.2. The fourth-order valence-corrected chi connectivity index (χ4v) is 1.38. The summed E-state index contributed by atoms with van der Waals surface area (Å²) in [5.74, 6) is -0.329. The molecule has 4 nitrogen and oxygen atoms in total. The van der Waals surface area contributed by atoms with E-state index >= 15 is 0 Å². The van der Waals surface area contributed by atoms with Gasteiger partial charge in [0.15, 0.2) is 5.78 Å². The molecule has 0 fully saturated rings. The summed E-state index contributed by atoms with van der Waals surface area (Å²) in [5, 5.41) is 8.29. The minimum absolute atomic E-state index is 0.00852. The van der Waals surface area contributed by atoms with Crippen LogP contribution >= 0.6 is 0 Å². The number of carboxylic acids is 1. The van der Waals surface area contributed by atoms with Crippen LogP contribution in [0.1, 0.15) is 46.0 Å². The minimum Gasteiger partial charge on any atom is -0.480 e. The van der Waals surface area contributed by atoms with Crippen LogP contribution in [0, 0.1) is 5.92 Å². The van der Waals surface area contributed by atoms with Gasteiger partial charge < -0.3 is 9.84 Å². The van der Waals surface area contributed by atoms with E-state index in [0.29, 0.717) is 6.42 Å². The predicted molar refractivity (Wildman–Crippen MR) is 61.4 cm³/mol. The van der Waals surface area contributed by atoms with E-state index in [2.05, 4.69) is 13.8 Å². The van der Waals surface area contributed by atoms with Gasteiger partial charge in [-0.1, -0.05) is 33.1 Å². The van der Waals surface area contributed by atoms with Gasteiger partial charge in [0.25, 0.3) is 0 Å². The highest BCUT2D eigenvalue weighted by Crippen LogP contribution is 2.09. The Morgan fingerprint density at radius 2 is 1.81 bits per heavy atom. The third-order valence-electron chi connectivity index (χ3n) is 2.23. The summed E-state index contributed by atoms with van der Waals surface area (Å²) in [4.78, 5) is 21.3. The largest absolute Gasteiger partial charge is 0.480 e. The molecule has 0 aromatic carbocycles. The lowest BCUT2D eigenvalue weighted by Crippen LogP contribution is -2.13. The summed E-state index contributed by atoms with van der Waals surface area (Å²) in [7, 11) is 0. The molecule has 0 aliphatic heterocycles. The molecule has 0 aliphatic rings. The van der Waals surface area contributed by atoms with Crippen molar-refractivity contribution in [2.24, 2.45) is 5.92 Å². The summed E-state index contributed by atoms with van der Waals surface area (Å²) in [6.45, 7) is 3.91. The van der Waals surface area contributed by atoms with E-state index < -0.39 is 5.97 Å². The average Bonchev–Trinajstić information content (AvgIpc) is 2.16. The molecule has 0 rings (SSSR count). The summed E-state index contributed by atoms with van der Waals surface area (Å²) in [6.07, 6.45) is 4.78. The van der Waals surface area contributed by atoms with Crippen LogP contribution < -0.4 is 0 Å². The molecule has 0 amide bonds. The van der Waals surface area contributed by atoms with Crippen LogP contribution in [0.4, 0.5) is 0 Å². The second-order valence-electron chi connectivity index (χ2n) is 4.42. The Kier molecular flexibility index (Phi) is 8.81. The zero-order chi connectivity index (χ0) is 12.4. The van der Waals surface area contributed by atoms with Crippen LogP contribution in [0.3, 0.4) is 0 Å². The Bertz CT molecular complexity index is 211. The highest BCUT2D eigenvalue weighted by Gasteiger charge is 2.04. The number of ether oxygens (including phenoxy) is 1. The van der Waals surface area contributed by atoms with Crippen molar-refractivity contribution < 1.29 is 19.4 Å². The molecule has 0 aromatic rings. The van der Waals surface area contributed by atoms with Gasteiger partial charge >= 0.3 is 5.97 Å². The predicted octanol–water partition coefficient (Wildman–Crippen LogP) is 2.26. The van der Waals surface area contributed by atoms with Gasteiger partial charge in [-0.05, 0) is 12.3 Å². The van der Waals surface area contributed by atoms with Crippen LogP contribution in [0.5, 0.6) is 0 Å². The number of ketones is 1. The Morgan fingerprint density at radius 3 is 2.38 bits per heavy atom. The van der Waals surface area contributed by atoms with Crippen molar-refractivity contribution >= 4 is 11.8 Å². The van der Waals surface area contributed by atoms with E-state index in [0.717, 1.165) is 25.2 Å². The van der Waals surface area contributed by atoms with Gasteiger partial charge in [0, 0.05) is 6.42 Å². The average molecular weight is 230 g/mol. The lowest BCUT2D eigenvalue weighted by atomic mass is 10.0. The maximum Gasteiger partial charge on any atom is 0.329 e. The molecule has 0 bridgehead atoms. The van der Waals surface area contributed by atoms with Crippen molar-refractivity contribution in [1.82, 2.24) is 0 Å². The molecule has 0 heterocycles. The Balaban J connectivity index is 3.27. The van der Waals surface area contributed by atoms with Crippen LogP contribution in [-0.2, 0) is 14.3 Å².